The minimum Gasteiger partial charge on any atom is -0.394 e. The van der Waals surface area contributed by atoms with E-state index in [-0.39, 0.29) is 19.6 Å². The topological polar surface area (TPSA) is 629 Å². The Hall–Kier alpha value is -1.12. The number of thiol groups is 1. The van der Waals surface area contributed by atoms with Crippen LogP contribution >= 0.6 is 28.3 Å². The first-order chi connectivity index (χ1) is 41.5. The lowest BCUT2D eigenvalue weighted by Gasteiger charge is -2.50. The van der Waals surface area contributed by atoms with Crippen LogP contribution in [0.1, 0.15) is 32.6 Å². The van der Waals surface area contributed by atoms with Gasteiger partial charge < -0.3 is 161 Å². The molecule has 0 aromatic carbocycles. The van der Waals surface area contributed by atoms with Crippen molar-refractivity contribution in [2.75, 3.05) is 58.5 Å². The van der Waals surface area contributed by atoms with Gasteiger partial charge in [0.15, 0.2) is 31.5 Å². The fourth-order valence-corrected chi connectivity index (χ4v) is 12.3. The Kier molecular flexibility index (Phi) is 29.3. The maximum atomic E-state index is 13.1. The van der Waals surface area contributed by atoms with Crippen LogP contribution in [0, 0.1) is 0 Å². The summed E-state index contributed by atoms with van der Waals surface area (Å²) in [4.78, 5) is 33.0. The molecular formula is C46H85N3O36P2S. The van der Waals surface area contributed by atoms with E-state index in [9.17, 15) is 111 Å². The first kappa shape index (κ1) is 75.9. The van der Waals surface area contributed by atoms with Crippen molar-refractivity contribution in [3.63, 3.8) is 0 Å². The molecule has 5 aliphatic heterocycles. The largest absolute Gasteiger partial charge is 0.472 e. The number of phosphoric acid groups is 2. The molecule has 5 heterocycles. The first-order valence-corrected chi connectivity index (χ1v) is 31.6. The van der Waals surface area contributed by atoms with Crippen molar-refractivity contribution in [3.05, 3.63) is 0 Å². The van der Waals surface area contributed by atoms with Gasteiger partial charge in [0, 0.05) is 13.5 Å². The van der Waals surface area contributed by atoms with E-state index in [1.165, 1.54) is 0 Å². The number of hydrogen-bond acceptors (Lipinski definition) is 37. The van der Waals surface area contributed by atoms with E-state index in [0.717, 1.165) is 13.3 Å². The van der Waals surface area contributed by atoms with Crippen molar-refractivity contribution >= 4 is 34.2 Å². The van der Waals surface area contributed by atoms with Crippen molar-refractivity contribution < 1.29 is 176 Å². The van der Waals surface area contributed by atoms with Crippen LogP contribution in [-0.2, 0) is 79.4 Å². The van der Waals surface area contributed by atoms with Gasteiger partial charge in [-0.25, -0.2) is 9.13 Å². The Morgan fingerprint density at radius 3 is 1.52 bits per heavy atom. The fourth-order valence-electron chi connectivity index (χ4n) is 10.4. The highest BCUT2D eigenvalue weighted by molar-refractivity contribution is 7.80. The summed E-state index contributed by atoms with van der Waals surface area (Å²) in [6, 6.07) is -3.63. The second-order valence-corrected chi connectivity index (χ2v) is 24.9. The molecular weight excluding hydrogens is 1260 g/mol. The summed E-state index contributed by atoms with van der Waals surface area (Å²) in [6.45, 7) is -5.22. The van der Waals surface area contributed by atoms with E-state index in [0.29, 0.717) is 18.6 Å². The fraction of sp³-hybridized carbons (Fsp3) is 0.978. The van der Waals surface area contributed by atoms with Crippen LogP contribution in [-0.4, -0.2) is 351 Å². The van der Waals surface area contributed by atoms with Gasteiger partial charge in [-0.05, 0) is 18.6 Å². The normalized spacial score (nSPS) is 45.7. The van der Waals surface area contributed by atoms with E-state index >= 15 is 0 Å². The van der Waals surface area contributed by atoms with Crippen LogP contribution < -0.4 is 16.8 Å². The van der Waals surface area contributed by atoms with E-state index in [1.807, 2.05) is 0 Å². The third-order valence-electron chi connectivity index (χ3n) is 15.3. The zero-order valence-electron chi connectivity index (χ0n) is 47.0. The number of hydrogen-bond donors (Lipinski definition) is 23. The highest BCUT2D eigenvalue weighted by Crippen LogP contribution is 2.48. The average molecular weight is 1350 g/mol. The van der Waals surface area contributed by atoms with Gasteiger partial charge in [0.2, 0.25) is 5.91 Å². The Morgan fingerprint density at radius 2 is 0.920 bits per heavy atom. The maximum Gasteiger partial charge on any atom is 0.472 e. The number of ether oxygens (including phenoxy) is 10. The van der Waals surface area contributed by atoms with Crippen LogP contribution in [0.15, 0.2) is 0 Å². The lowest BCUT2D eigenvalue weighted by molar-refractivity contribution is -0.385. The first-order valence-electron chi connectivity index (χ1n) is 27.9. The zero-order valence-corrected chi connectivity index (χ0v) is 49.7. The molecule has 0 radical (unpaired) electrons. The number of carbonyl (C=O) groups is 1. The number of nitrogens with one attached hydrogen (secondary N) is 1. The number of unbranched alkanes of at least 4 members (excludes halogenated alkanes) is 3. The molecule has 33 atom stereocenters. The number of rotatable bonds is 30. The summed E-state index contributed by atoms with van der Waals surface area (Å²) in [5.74, 6) is -0.235. The summed E-state index contributed by atoms with van der Waals surface area (Å²) >= 11 is 4.12. The minimum absolute atomic E-state index is 0.211. The molecule has 1 saturated carbocycles. The van der Waals surface area contributed by atoms with Crippen molar-refractivity contribution in [2.24, 2.45) is 11.5 Å². The molecule has 24 N–H and O–H groups in total. The Labute approximate surface area is 506 Å². The maximum absolute atomic E-state index is 13.1. The third-order valence-corrected chi connectivity index (χ3v) is 17.6. The molecule has 6 rings (SSSR count). The van der Waals surface area contributed by atoms with Gasteiger partial charge in [-0.2, -0.15) is 12.6 Å². The van der Waals surface area contributed by atoms with E-state index in [2.05, 4.69) is 22.5 Å². The number of amides is 1. The van der Waals surface area contributed by atoms with Crippen LogP contribution in [0.2, 0.25) is 0 Å². The number of phosphoric ester groups is 2. The highest BCUT2D eigenvalue weighted by Gasteiger charge is 2.59. The molecule has 6 aliphatic rings. The van der Waals surface area contributed by atoms with E-state index in [4.69, 9.17) is 72.4 Å². The van der Waals surface area contributed by atoms with Gasteiger partial charge in [-0.1, -0.05) is 12.8 Å². The smallest absolute Gasteiger partial charge is 0.394 e. The molecule has 15 unspecified atom stereocenters. The number of nitrogens with two attached hydrogens (primary N) is 2. The molecule has 0 aromatic rings. The standard InChI is InChI=1S/C46H85N3O36P2S/c1-15(53)49-22-27(58)23(54)16(10-50)76-43(22)81-38-20(13-72-46-41(31(62)24(55)17(11-51)77-46)84-44-35(66)28(59)25(56)19(79-44)14-75-86(68,69)74-8-6-47)80-45(36(67)34(38)65)82-37-18(12-52)78-42(21(48)26(37)57)83-39-32(63)29(60)30(61)33(64)40(39)85-87(70,71)73-7-4-2-3-5-9-88/h16-46,50-52,54-67,88H,2-14,47-48H2,1H3,(H,49,53)(H,68,69)(H,70,71)/t16?,17?,18?,19?,20?,21?,22?,23-,24+,25+,26+,27+,28-,29?,30+,31-,32?,33?,34+,35?,36?,37+,38+,39+,40+,41?,42+,43-,44+,45+,46-/m0/s1. The van der Waals surface area contributed by atoms with Gasteiger partial charge in [0.1, 0.15) is 153 Å². The molecule has 5 saturated heterocycles. The quantitative estimate of drug-likeness (QED) is 0.0180. The Balaban J connectivity index is 1.26. The average Bonchev–Trinajstić information content (AvgIpc) is 1.72. The van der Waals surface area contributed by atoms with E-state index < -0.39 is 251 Å². The van der Waals surface area contributed by atoms with Crippen LogP contribution in [0.4, 0.5) is 0 Å². The molecule has 0 bridgehead atoms. The SMILES string of the molecule is CC(=O)NC1[C@H](O[C@@H]2C(CO[C@H]3OC(CO)[C@@H](O)[C@H](O)C3O[C@H]3OC(COP(=O)(O)OCCN)[C@@H](O)[C@H](O)C3O)O[C@H](O[C@@H]3C(CO)O[C@H](O[C@@H]4C(O)C(O)[C@@H](O)C(O)[C@H]4OP(=O)(O)OCCCCCCS)C(N)[C@H]3O)C(O)[C@H]2O)OC(CO)[C@H](O)[C@@H]1O. The molecule has 0 aromatic heterocycles. The lowest BCUT2D eigenvalue weighted by Crippen LogP contribution is -2.70. The molecule has 1 amide bonds. The summed E-state index contributed by atoms with van der Waals surface area (Å²) < 4.78 is 104. The lowest BCUT2D eigenvalue weighted by atomic mass is 9.84. The number of carbonyl (C=O) groups excluding carboxylic acids is 1. The molecule has 0 spiro atoms. The summed E-state index contributed by atoms with van der Waals surface area (Å²) in [5.41, 5.74) is 11.7. The van der Waals surface area contributed by atoms with Crippen molar-refractivity contribution in [3.8, 4) is 0 Å². The van der Waals surface area contributed by atoms with Gasteiger partial charge in [0.05, 0.1) is 52.3 Å². The Bertz CT molecular complexity index is 2220. The molecule has 39 nitrogen and oxygen atoms in total. The van der Waals surface area contributed by atoms with Gasteiger partial charge in [0.25, 0.3) is 0 Å². The van der Waals surface area contributed by atoms with Crippen LogP contribution in [0.5, 0.6) is 0 Å². The second-order valence-electron chi connectivity index (χ2n) is 21.6. The molecule has 516 valence electrons. The van der Waals surface area contributed by atoms with Gasteiger partial charge in [-0.15, -0.1) is 0 Å². The summed E-state index contributed by atoms with van der Waals surface area (Å²) in [5, 5.41) is 189. The Morgan fingerprint density at radius 1 is 0.466 bits per heavy atom. The molecule has 42 heteroatoms. The van der Waals surface area contributed by atoms with Crippen LogP contribution in [0.25, 0.3) is 0 Å². The molecule has 1 aliphatic carbocycles. The predicted octanol–water partition coefficient (Wildman–Crippen LogP) is -11.9. The van der Waals surface area contributed by atoms with Gasteiger partial charge in [-0.3, -0.25) is 22.9 Å². The molecule has 88 heavy (non-hydrogen) atoms. The number of aliphatic hydroxyl groups is 17. The van der Waals surface area contributed by atoms with Crippen molar-refractivity contribution in [2.45, 2.75) is 223 Å². The van der Waals surface area contributed by atoms with Crippen LogP contribution in [0.3, 0.4) is 0 Å². The summed E-state index contributed by atoms with van der Waals surface area (Å²) in [7, 11) is -10.0. The van der Waals surface area contributed by atoms with Gasteiger partial charge >= 0.3 is 15.6 Å². The minimum atomic E-state index is -5.16. The monoisotopic (exact) mass is 1350 g/mol. The van der Waals surface area contributed by atoms with Crippen molar-refractivity contribution in [1.29, 1.82) is 0 Å². The number of aliphatic hydroxyl groups excluding tert-OH is 17. The predicted molar refractivity (Wildman–Crippen MR) is 283 cm³/mol. The van der Waals surface area contributed by atoms with Crippen molar-refractivity contribution in [1.82, 2.24) is 5.32 Å². The second kappa shape index (κ2) is 34.0. The highest BCUT2D eigenvalue weighted by atomic mass is 32.1. The third kappa shape index (κ3) is 18.7. The molecule has 6 fully saturated rings. The van der Waals surface area contributed by atoms with E-state index in [1.54, 1.807) is 0 Å². The zero-order chi connectivity index (χ0) is 65.3. The summed E-state index contributed by atoms with van der Waals surface area (Å²) in [6.07, 6.45) is -58.0.